The van der Waals surface area contributed by atoms with Gasteiger partial charge in [0.2, 0.25) is 0 Å². The predicted octanol–water partition coefficient (Wildman–Crippen LogP) is 2.20. The Labute approximate surface area is 117 Å². The van der Waals surface area contributed by atoms with Gasteiger partial charge in [-0.1, -0.05) is 0 Å². The standard InChI is InChI=1S/C14H20N4S/c1-2-18-9-10(8-16-18)6-12(17-15)14-7-11-4-3-5-13(11)19-14/h7-9,12,17H,2-6,15H2,1H3. The maximum atomic E-state index is 5.74. The second-order valence-electron chi connectivity index (χ2n) is 5.08. The molecule has 2 heterocycles. The van der Waals surface area contributed by atoms with E-state index in [0.717, 1.165) is 13.0 Å². The topological polar surface area (TPSA) is 55.9 Å². The Bertz CT molecular complexity index is 536. The van der Waals surface area contributed by atoms with Gasteiger partial charge in [-0.15, -0.1) is 11.3 Å². The van der Waals surface area contributed by atoms with Crippen molar-refractivity contribution in [2.24, 2.45) is 5.84 Å². The van der Waals surface area contributed by atoms with Crippen molar-refractivity contribution in [1.29, 1.82) is 0 Å². The molecule has 0 aliphatic heterocycles. The van der Waals surface area contributed by atoms with Crippen molar-refractivity contribution in [2.45, 2.75) is 45.2 Å². The summed E-state index contributed by atoms with van der Waals surface area (Å²) >= 11 is 1.92. The number of fused-ring (bicyclic) bond motifs is 1. The summed E-state index contributed by atoms with van der Waals surface area (Å²) in [5.41, 5.74) is 5.72. The van der Waals surface area contributed by atoms with Gasteiger partial charge < -0.3 is 0 Å². The highest BCUT2D eigenvalue weighted by atomic mass is 32.1. The van der Waals surface area contributed by atoms with Gasteiger partial charge >= 0.3 is 0 Å². The van der Waals surface area contributed by atoms with Crippen molar-refractivity contribution >= 4 is 11.3 Å². The predicted molar refractivity (Wildman–Crippen MR) is 78.0 cm³/mol. The third kappa shape index (κ3) is 2.59. The Balaban J connectivity index is 1.76. The maximum absolute atomic E-state index is 5.74. The third-order valence-corrected chi connectivity index (χ3v) is 5.11. The zero-order valence-corrected chi connectivity index (χ0v) is 12.0. The van der Waals surface area contributed by atoms with Crippen LogP contribution in [-0.2, 0) is 25.8 Å². The lowest BCUT2D eigenvalue weighted by atomic mass is 10.1. The lowest BCUT2D eigenvalue weighted by Gasteiger charge is -2.13. The first-order chi connectivity index (χ1) is 9.30. The number of nitrogens with zero attached hydrogens (tertiary/aromatic N) is 2. The summed E-state index contributed by atoms with van der Waals surface area (Å²) in [6.07, 6.45) is 8.73. The van der Waals surface area contributed by atoms with Gasteiger partial charge in [0.15, 0.2) is 0 Å². The van der Waals surface area contributed by atoms with Crippen molar-refractivity contribution in [2.75, 3.05) is 0 Å². The van der Waals surface area contributed by atoms with Crippen LogP contribution in [0.5, 0.6) is 0 Å². The fourth-order valence-corrected chi connectivity index (χ4v) is 4.00. The molecule has 0 aromatic carbocycles. The third-order valence-electron chi connectivity index (χ3n) is 3.76. The molecule has 4 nitrogen and oxygen atoms in total. The summed E-state index contributed by atoms with van der Waals surface area (Å²) in [5, 5.41) is 4.32. The van der Waals surface area contributed by atoms with Gasteiger partial charge in [0.25, 0.3) is 0 Å². The highest BCUT2D eigenvalue weighted by Crippen LogP contribution is 2.34. The molecular formula is C14H20N4S. The molecule has 0 radical (unpaired) electrons. The second kappa shape index (κ2) is 5.45. The van der Waals surface area contributed by atoms with Crippen LogP contribution in [0.25, 0.3) is 0 Å². The molecule has 1 aliphatic carbocycles. The highest BCUT2D eigenvalue weighted by Gasteiger charge is 2.20. The minimum atomic E-state index is 0.199. The number of aromatic nitrogens is 2. The van der Waals surface area contributed by atoms with Gasteiger partial charge in [-0.2, -0.15) is 5.10 Å². The van der Waals surface area contributed by atoms with E-state index in [2.05, 4.69) is 29.7 Å². The van der Waals surface area contributed by atoms with E-state index in [1.54, 1.807) is 4.88 Å². The minimum absolute atomic E-state index is 0.199. The SMILES string of the molecule is CCn1cc(CC(NN)c2cc3c(s2)CCC3)cn1. The number of nitrogens with two attached hydrogens (primary N) is 1. The molecule has 2 aromatic rings. The van der Waals surface area contributed by atoms with E-state index in [-0.39, 0.29) is 6.04 Å². The molecule has 1 unspecified atom stereocenters. The van der Waals surface area contributed by atoms with Gasteiger partial charge in [0.1, 0.15) is 0 Å². The van der Waals surface area contributed by atoms with Gasteiger partial charge in [-0.3, -0.25) is 16.0 Å². The second-order valence-corrected chi connectivity index (χ2v) is 6.25. The molecule has 5 heteroatoms. The molecule has 0 saturated heterocycles. The summed E-state index contributed by atoms with van der Waals surface area (Å²) in [7, 11) is 0. The summed E-state index contributed by atoms with van der Waals surface area (Å²) in [6, 6.07) is 2.53. The van der Waals surface area contributed by atoms with E-state index < -0.39 is 0 Å². The molecule has 0 spiro atoms. The number of nitrogens with one attached hydrogen (secondary N) is 1. The lowest BCUT2D eigenvalue weighted by Crippen LogP contribution is -2.28. The van der Waals surface area contributed by atoms with E-state index in [1.165, 1.54) is 35.3 Å². The van der Waals surface area contributed by atoms with Crippen LogP contribution in [0.2, 0.25) is 0 Å². The largest absolute Gasteiger partial charge is 0.273 e. The van der Waals surface area contributed by atoms with E-state index in [9.17, 15) is 0 Å². The van der Waals surface area contributed by atoms with Crippen LogP contribution in [0.4, 0.5) is 0 Å². The van der Waals surface area contributed by atoms with Crippen LogP contribution in [0.15, 0.2) is 18.5 Å². The van der Waals surface area contributed by atoms with Crippen LogP contribution in [0.3, 0.4) is 0 Å². The lowest BCUT2D eigenvalue weighted by molar-refractivity contribution is 0.559. The number of thiophene rings is 1. The molecule has 1 aliphatic rings. The molecule has 0 amide bonds. The Morgan fingerprint density at radius 2 is 2.42 bits per heavy atom. The van der Waals surface area contributed by atoms with Crippen molar-refractivity contribution in [3.8, 4) is 0 Å². The molecule has 1 atom stereocenters. The highest BCUT2D eigenvalue weighted by molar-refractivity contribution is 7.12. The smallest absolute Gasteiger partial charge is 0.0594 e. The zero-order chi connectivity index (χ0) is 13.2. The molecule has 19 heavy (non-hydrogen) atoms. The van der Waals surface area contributed by atoms with Crippen molar-refractivity contribution in [1.82, 2.24) is 15.2 Å². The van der Waals surface area contributed by atoms with Crippen LogP contribution in [0.1, 0.15) is 40.3 Å². The van der Waals surface area contributed by atoms with Crippen molar-refractivity contribution in [3.05, 3.63) is 39.3 Å². The summed E-state index contributed by atoms with van der Waals surface area (Å²) in [6.45, 7) is 3.01. The zero-order valence-electron chi connectivity index (χ0n) is 11.2. The van der Waals surface area contributed by atoms with E-state index >= 15 is 0 Å². The first-order valence-electron chi connectivity index (χ1n) is 6.89. The number of hydrazine groups is 1. The van der Waals surface area contributed by atoms with Gasteiger partial charge in [0.05, 0.1) is 12.2 Å². The molecule has 3 rings (SSSR count). The molecule has 2 aromatic heterocycles. The van der Waals surface area contributed by atoms with E-state index in [0.29, 0.717) is 0 Å². The quantitative estimate of drug-likeness (QED) is 0.650. The summed E-state index contributed by atoms with van der Waals surface area (Å²) in [5.74, 6) is 5.74. The van der Waals surface area contributed by atoms with Crippen LogP contribution < -0.4 is 11.3 Å². The molecule has 0 saturated carbocycles. The van der Waals surface area contributed by atoms with E-state index in [1.807, 2.05) is 22.2 Å². The first-order valence-corrected chi connectivity index (χ1v) is 7.70. The van der Waals surface area contributed by atoms with Crippen LogP contribution in [-0.4, -0.2) is 9.78 Å². The Kier molecular flexibility index (Phi) is 3.68. The number of hydrogen-bond donors (Lipinski definition) is 2. The fourth-order valence-electron chi connectivity index (χ4n) is 2.69. The first kappa shape index (κ1) is 12.8. The van der Waals surface area contributed by atoms with Crippen LogP contribution in [0, 0.1) is 0 Å². The molecule has 0 fully saturated rings. The number of aryl methyl sites for hydroxylation is 3. The minimum Gasteiger partial charge on any atom is -0.273 e. The number of hydrogen-bond acceptors (Lipinski definition) is 4. The molecule has 0 bridgehead atoms. The Hall–Kier alpha value is -1.17. The van der Waals surface area contributed by atoms with Crippen molar-refractivity contribution in [3.63, 3.8) is 0 Å². The molecule has 102 valence electrons. The maximum Gasteiger partial charge on any atom is 0.0594 e. The van der Waals surface area contributed by atoms with E-state index in [4.69, 9.17) is 5.84 Å². The van der Waals surface area contributed by atoms with Gasteiger partial charge in [-0.25, -0.2) is 0 Å². The Morgan fingerprint density at radius 1 is 1.53 bits per heavy atom. The van der Waals surface area contributed by atoms with Gasteiger partial charge in [-0.05, 0) is 49.8 Å². The molecular weight excluding hydrogens is 256 g/mol. The monoisotopic (exact) mass is 276 g/mol. The molecule has 3 N–H and O–H groups in total. The average molecular weight is 276 g/mol. The number of rotatable bonds is 5. The van der Waals surface area contributed by atoms with Crippen molar-refractivity contribution < 1.29 is 0 Å². The normalized spacial score (nSPS) is 15.7. The Morgan fingerprint density at radius 3 is 3.11 bits per heavy atom. The average Bonchev–Trinajstić information content (AvgIpc) is 3.10. The summed E-state index contributed by atoms with van der Waals surface area (Å²) < 4.78 is 1.96. The summed E-state index contributed by atoms with van der Waals surface area (Å²) in [4.78, 5) is 2.91. The van der Waals surface area contributed by atoms with Crippen LogP contribution >= 0.6 is 11.3 Å². The van der Waals surface area contributed by atoms with Gasteiger partial charge in [0, 0.05) is 22.5 Å². The fraction of sp³-hybridized carbons (Fsp3) is 0.500.